The van der Waals surface area contributed by atoms with Crippen molar-refractivity contribution in [1.29, 1.82) is 0 Å². The van der Waals surface area contributed by atoms with Crippen LogP contribution in [0.2, 0.25) is 0 Å². The van der Waals surface area contributed by atoms with Gasteiger partial charge in [0.2, 0.25) is 0 Å². The topological polar surface area (TPSA) is 74.2 Å². The number of fused-ring (bicyclic) bond motifs is 1. The number of carbonyl (C=O) groups is 2. The van der Waals surface area contributed by atoms with Crippen LogP contribution in [-0.2, 0) is 19.1 Å². The molecule has 0 bridgehead atoms. The maximum absolute atomic E-state index is 13.1. The minimum Gasteiger partial charge on any atom is -0.493 e. The van der Waals surface area contributed by atoms with Gasteiger partial charge in [-0.3, -0.25) is 9.79 Å². The van der Waals surface area contributed by atoms with E-state index in [0.29, 0.717) is 36.7 Å². The smallest absolute Gasteiger partial charge is 0.336 e. The van der Waals surface area contributed by atoms with Gasteiger partial charge in [0.05, 0.1) is 24.7 Å². The van der Waals surface area contributed by atoms with E-state index in [1.54, 1.807) is 7.11 Å². The highest BCUT2D eigenvalue weighted by atomic mass is 16.6. The van der Waals surface area contributed by atoms with Crippen LogP contribution in [0.1, 0.15) is 57.4 Å². The molecule has 2 atom stereocenters. The molecule has 1 heterocycles. The summed E-state index contributed by atoms with van der Waals surface area (Å²) in [5.74, 6) is -0.491. The minimum absolute atomic E-state index is 0.128. The van der Waals surface area contributed by atoms with Crippen molar-refractivity contribution in [3.8, 4) is 5.75 Å². The highest BCUT2D eigenvalue weighted by Gasteiger charge is 2.44. The number of methoxy groups -OCH3 is 1. The molecule has 1 saturated carbocycles. The van der Waals surface area contributed by atoms with E-state index in [2.05, 4.69) is 11.9 Å². The molecular weight excluding hydrogens is 382 g/mol. The van der Waals surface area contributed by atoms with Crippen LogP contribution >= 0.6 is 0 Å². The summed E-state index contributed by atoms with van der Waals surface area (Å²) in [6.07, 6.45) is 4.05. The Morgan fingerprint density at radius 2 is 1.93 bits per heavy atom. The molecule has 30 heavy (non-hydrogen) atoms. The van der Waals surface area contributed by atoms with Crippen LogP contribution in [0.4, 0.5) is 0 Å². The van der Waals surface area contributed by atoms with Crippen molar-refractivity contribution >= 4 is 17.5 Å². The average molecular weight is 414 g/mol. The summed E-state index contributed by atoms with van der Waals surface area (Å²) in [4.78, 5) is 30.7. The molecule has 0 N–H and O–H groups in total. The summed E-state index contributed by atoms with van der Waals surface area (Å²) in [5, 5.41) is 0. The van der Waals surface area contributed by atoms with Crippen molar-refractivity contribution < 1.29 is 23.8 Å². The maximum Gasteiger partial charge on any atom is 0.336 e. The molecule has 0 aromatic heterocycles. The molecule has 6 nitrogen and oxygen atoms in total. The van der Waals surface area contributed by atoms with Crippen LogP contribution in [0.25, 0.3) is 0 Å². The van der Waals surface area contributed by atoms with Gasteiger partial charge < -0.3 is 14.2 Å². The third-order valence-electron chi connectivity index (χ3n) is 5.66. The number of unbranched alkanes of at least 4 members (excludes halogenated alkanes) is 1. The predicted octanol–water partition coefficient (Wildman–Crippen LogP) is 4.24. The zero-order chi connectivity index (χ0) is 21.5. The lowest BCUT2D eigenvalue weighted by Crippen LogP contribution is -2.39. The Morgan fingerprint density at radius 1 is 1.13 bits per heavy atom. The van der Waals surface area contributed by atoms with Crippen LogP contribution in [-0.4, -0.2) is 44.4 Å². The van der Waals surface area contributed by atoms with Gasteiger partial charge in [-0.2, -0.15) is 0 Å². The Kier molecular flexibility index (Phi) is 7.80. The molecule has 1 fully saturated rings. The number of ether oxygens (including phenoxy) is 3. The van der Waals surface area contributed by atoms with E-state index in [9.17, 15) is 9.59 Å². The lowest BCUT2D eigenvalue weighted by Gasteiger charge is -2.36. The Balaban J connectivity index is 2.04. The number of aliphatic imine (C=N–C) groups is 1. The summed E-state index contributed by atoms with van der Waals surface area (Å²) in [5.41, 5.74) is 2.78. The molecule has 162 valence electrons. The number of benzene rings is 1. The number of ketones is 1. The second kappa shape index (κ2) is 10.5. The first-order valence-corrected chi connectivity index (χ1v) is 10.8. The van der Waals surface area contributed by atoms with Gasteiger partial charge in [-0.15, -0.1) is 0 Å². The molecule has 1 aromatic carbocycles. The molecule has 0 amide bonds. The van der Waals surface area contributed by atoms with Crippen LogP contribution < -0.4 is 4.74 Å². The lowest BCUT2D eigenvalue weighted by atomic mass is 9.69. The highest BCUT2D eigenvalue weighted by Crippen LogP contribution is 2.45. The molecule has 1 aromatic rings. The third-order valence-corrected chi connectivity index (χ3v) is 5.66. The fourth-order valence-electron chi connectivity index (χ4n) is 4.21. The molecule has 1 aliphatic heterocycles. The molecule has 1 unspecified atom stereocenters. The number of Topliss-reactive ketones (excluding diaryl/α,β-unsaturated/α-hetero) is 1. The number of para-hydroxylation sites is 1. The monoisotopic (exact) mass is 413 g/mol. The first kappa shape index (κ1) is 22.2. The Bertz CT molecular complexity index is 842. The normalized spacial score (nSPS) is 21.2. The fourth-order valence-corrected chi connectivity index (χ4v) is 4.21. The van der Waals surface area contributed by atoms with Gasteiger partial charge in [-0.25, -0.2) is 4.79 Å². The first-order valence-electron chi connectivity index (χ1n) is 10.8. The zero-order valence-corrected chi connectivity index (χ0v) is 18.1. The van der Waals surface area contributed by atoms with Crippen molar-refractivity contribution in [1.82, 2.24) is 0 Å². The summed E-state index contributed by atoms with van der Waals surface area (Å²) in [7, 11) is 1.56. The van der Waals surface area contributed by atoms with Crippen LogP contribution in [0.15, 0.2) is 40.5 Å². The molecule has 1 aliphatic carbocycles. The van der Waals surface area contributed by atoms with Crippen molar-refractivity contribution in [2.45, 2.75) is 51.9 Å². The molecule has 0 spiro atoms. The maximum atomic E-state index is 13.1. The number of hydrogen-bond donors (Lipinski definition) is 0. The number of nitrogens with zero attached hydrogens (tertiary/aromatic N) is 1. The first-order chi connectivity index (χ1) is 14.6. The molecular formula is C24H31NO5. The number of esters is 1. The summed E-state index contributed by atoms with van der Waals surface area (Å²) in [6.45, 7) is 5.00. The van der Waals surface area contributed by atoms with Gasteiger partial charge >= 0.3 is 5.97 Å². The van der Waals surface area contributed by atoms with Crippen molar-refractivity contribution in [2.75, 3.05) is 26.9 Å². The van der Waals surface area contributed by atoms with E-state index in [1.807, 2.05) is 31.2 Å². The van der Waals surface area contributed by atoms with Gasteiger partial charge in [0.1, 0.15) is 18.1 Å². The van der Waals surface area contributed by atoms with Crippen molar-refractivity contribution in [3.63, 3.8) is 0 Å². The zero-order valence-electron chi connectivity index (χ0n) is 18.1. The molecule has 3 rings (SSSR count). The van der Waals surface area contributed by atoms with Gasteiger partial charge in [0.15, 0.2) is 0 Å². The van der Waals surface area contributed by atoms with Gasteiger partial charge in [-0.05, 0) is 32.3 Å². The fraction of sp³-hybridized carbons (Fsp3) is 0.542. The average Bonchev–Trinajstić information content (AvgIpc) is 2.73. The van der Waals surface area contributed by atoms with E-state index in [1.165, 1.54) is 0 Å². The summed E-state index contributed by atoms with van der Waals surface area (Å²) in [6, 6.07) is 7.70. The second-order valence-corrected chi connectivity index (χ2v) is 7.75. The largest absolute Gasteiger partial charge is 0.493 e. The molecule has 0 radical (unpaired) electrons. The number of allylic oxidation sites excluding steroid dienone is 1. The Hall–Kier alpha value is -2.47. The lowest BCUT2D eigenvalue weighted by molar-refractivity contribution is -0.140. The van der Waals surface area contributed by atoms with Gasteiger partial charge in [0, 0.05) is 36.4 Å². The van der Waals surface area contributed by atoms with E-state index >= 15 is 0 Å². The van der Waals surface area contributed by atoms with Gasteiger partial charge in [0.25, 0.3) is 0 Å². The number of carbonyl (C=O) groups excluding carboxylic acids is 2. The highest BCUT2D eigenvalue weighted by molar-refractivity contribution is 6.11. The quantitative estimate of drug-likeness (QED) is 0.447. The van der Waals surface area contributed by atoms with Crippen molar-refractivity contribution in [3.05, 3.63) is 41.1 Å². The Labute approximate surface area is 178 Å². The molecule has 2 aliphatic rings. The second-order valence-electron chi connectivity index (χ2n) is 7.75. The predicted molar refractivity (Wildman–Crippen MR) is 115 cm³/mol. The van der Waals surface area contributed by atoms with Gasteiger partial charge in [-0.1, -0.05) is 31.5 Å². The minimum atomic E-state index is -0.446. The van der Waals surface area contributed by atoms with Crippen LogP contribution in [0, 0.1) is 5.92 Å². The molecule has 6 heteroatoms. The van der Waals surface area contributed by atoms with Crippen molar-refractivity contribution in [2.24, 2.45) is 10.9 Å². The van der Waals surface area contributed by atoms with E-state index in [0.717, 1.165) is 37.0 Å². The van der Waals surface area contributed by atoms with E-state index < -0.39 is 17.8 Å². The van der Waals surface area contributed by atoms with E-state index in [4.69, 9.17) is 14.2 Å². The standard InChI is InChI=1S/C24H31NO5/c1-4-5-13-29-20-12-7-6-9-17(20)22-21(24(27)30-15-14-28-3)16(2)25-18-10-8-11-19(26)23(18)22/h6-7,9,12,22-23H,4-5,8,10-11,13-15H2,1-3H3/t22-,23?/m1/s1. The van der Waals surface area contributed by atoms with Crippen LogP contribution in [0.5, 0.6) is 5.75 Å². The SMILES string of the molecule is CCCCOc1ccccc1[C@@H]1C(C(=O)OCCOC)=C(C)N=C2CCCC(=O)C21. The summed E-state index contributed by atoms with van der Waals surface area (Å²) < 4.78 is 16.5. The third kappa shape index (κ3) is 4.81. The van der Waals surface area contributed by atoms with E-state index in [-0.39, 0.29) is 12.4 Å². The summed E-state index contributed by atoms with van der Waals surface area (Å²) >= 11 is 0. The Morgan fingerprint density at radius 3 is 2.70 bits per heavy atom. The molecule has 0 saturated heterocycles. The number of hydrogen-bond acceptors (Lipinski definition) is 6. The van der Waals surface area contributed by atoms with Crippen LogP contribution in [0.3, 0.4) is 0 Å². The number of rotatable bonds is 9.